The first-order valence-corrected chi connectivity index (χ1v) is 6.36. The summed E-state index contributed by atoms with van der Waals surface area (Å²) in [4.78, 5) is 15.1. The number of nitrogens with zero attached hydrogens (tertiary/aromatic N) is 3. The lowest BCUT2D eigenvalue weighted by Gasteiger charge is -2.04. The molecular formula is C14H11N5O2. The number of ether oxygens (including phenoxy) is 1. The number of aromatic amines is 1. The minimum Gasteiger partial charge on any atom is -0.468 e. The van der Waals surface area contributed by atoms with Crippen LogP contribution in [0.25, 0.3) is 22.1 Å². The van der Waals surface area contributed by atoms with Crippen molar-refractivity contribution in [2.45, 2.75) is 6.61 Å². The van der Waals surface area contributed by atoms with E-state index in [0.29, 0.717) is 22.8 Å². The molecular weight excluding hydrogens is 270 g/mol. The van der Waals surface area contributed by atoms with Crippen molar-refractivity contribution in [3.8, 4) is 5.88 Å². The summed E-state index contributed by atoms with van der Waals surface area (Å²) >= 11 is 0. The second-order valence-electron chi connectivity index (χ2n) is 4.53. The topological polar surface area (TPSA) is 103 Å². The summed E-state index contributed by atoms with van der Waals surface area (Å²) in [6.07, 6.45) is 1.52. The third-order valence-electron chi connectivity index (χ3n) is 3.10. The Balaban J connectivity index is 1.64. The van der Waals surface area contributed by atoms with E-state index in [1.54, 1.807) is 0 Å². The van der Waals surface area contributed by atoms with E-state index in [1.807, 2.05) is 30.3 Å². The Morgan fingerprint density at radius 2 is 2.14 bits per heavy atom. The van der Waals surface area contributed by atoms with E-state index in [2.05, 4.69) is 19.9 Å². The lowest BCUT2D eigenvalue weighted by molar-refractivity contribution is 0.267. The molecule has 4 rings (SSSR count). The van der Waals surface area contributed by atoms with Crippen LogP contribution in [-0.4, -0.2) is 19.9 Å². The van der Waals surface area contributed by atoms with Crippen molar-refractivity contribution in [3.63, 3.8) is 0 Å². The summed E-state index contributed by atoms with van der Waals surface area (Å²) in [7, 11) is 0. The van der Waals surface area contributed by atoms with Crippen LogP contribution in [0, 0.1) is 0 Å². The first-order chi connectivity index (χ1) is 10.3. The second-order valence-corrected chi connectivity index (χ2v) is 4.53. The van der Waals surface area contributed by atoms with E-state index in [4.69, 9.17) is 14.9 Å². The first kappa shape index (κ1) is 11.7. The number of nitrogen functional groups attached to an aromatic ring is 1. The summed E-state index contributed by atoms with van der Waals surface area (Å²) < 4.78 is 11.4. The molecule has 0 saturated carbocycles. The highest BCUT2D eigenvalue weighted by Gasteiger charge is 2.11. The fourth-order valence-corrected chi connectivity index (χ4v) is 2.17. The molecule has 0 amide bonds. The fourth-order valence-electron chi connectivity index (χ4n) is 2.17. The van der Waals surface area contributed by atoms with E-state index in [1.165, 1.54) is 6.33 Å². The van der Waals surface area contributed by atoms with E-state index < -0.39 is 0 Å². The predicted octanol–water partition coefficient (Wildman–Crippen LogP) is 2.26. The van der Waals surface area contributed by atoms with Crippen LogP contribution in [0.1, 0.15) is 5.76 Å². The third-order valence-corrected chi connectivity index (χ3v) is 3.10. The highest BCUT2D eigenvalue weighted by molar-refractivity contribution is 5.78. The third kappa shape index (κ3) is 2.04. The maximum Gasteiger partial charge on any atom is 0.245 e. The average Bonchev–Trinajstić information content (AvgIpc) is 3.10. The minimum atomic E-state index is 0.120. The summed E-state index contributed by atoms with van der Waals surface area (Å²) in [6, 6.07) is 9.72. The molecule has 3 aromatic heterocycles. The maximum absolute atomic E-state index is 5.69. The number of anilines is 1. The van der Waals surface area contributed by atoms with Crippen LogP contribution in [-0.2, 0) is 6.61 Å². The summed E-state index contributed by atoms with van der Waals surface area (Å²) in [6.45, 7) is 0.249. The molecule has 0 fully saturated rings. The van der Waals surface area contributed by atoms with Crippen molar-refractivity contribution >= 4 is 28.1 Å². The zero-order valence-corrected chi connectivity index (χ0v) is 10.9. The van der Waals surface area contributed by atoms with Crippen LogP contribution in [0.5, 0.6) is 5.88 Å². The molecule has 0 aliphatic carbocycles. The molecule has 7 nitrogen and oxygen atoms in total. The molecule has 0 unspecified atom stereocenters. The second kappa shape index (κ2) is 4.48. The Kier molecular flexibility index (Phi) is 2.50. The smallest absolute Gasteiger partial charge is 0.245 e. The molecule has 1 aromatic carbocycles. The van der Waals surface area contributed by atoms with Crippen molar-refractivity contribution in [3.05, 3.63) is 42.4 Å². The minimum absolute atomic E-state index is 0.120. The number of aromatic nitrogens is 4. The van der Waals surface area contributed by atoms with Crippen LogP contribution in [0.15, 0.2) is 41.1 Å². The summed E-state index contributed by atoms with van der Waals surface area (Å²) in [5.41, 5.74) is 7.54. The number of nitrogens with one attached hydrogen (secondary N) is 1. The Morgan fingerprint density at radius 1 is 1.24 bits per heavy atom. The Morgan fingerprint density at radius 3 is 3.05 bits per heavy atom. The monoisotopic (exact) mass is 281 g/mol. The van der Waals surface area contributed by atoms with E-state index in [9.17, 15) is 0 Å². The zero-order valence-electron chi connectivity index (χ0n) is 10.9. The molecule has 3 N–H and O–H groups in total. The number of para-hydroxylation sites is 1. The van der Waals surface area contributed by atoms with E-state index >= 15 is 0 Å². The number of imidazole rings is 1. The van der Waals surface area contributed by atoms with Gasteiger partial charge in [0.25, 0.3) is 0 Å². The van der Waals surface area contributed by atoms with Gasteiger partial charge in [-0.1, -0.05) is 18.2 Å². The van der Waals surface area contributed by atoms with Gasteiger partial charge in [0.15, 0.2) is 5.65 Å². The standard InChI is InChI=1S/C14H11N5O2/c15-14-18-12-11(16-7-17-12)13(19-14)20-6-9-5-8-3-1-2-4-10(8)21-9/h1-5,7H,6H2,(H3,15,16,17,18,19). The van der Waals surface area contributed by atoms with Gasteiger partial charge in [0.1, 0.15) is 23.5 Å². The van der Waals surface area contributed by atoms with Crippen molar-refractivity contribution in [1.82, 2.24) is 19.9 Å². The number of rotatable bonds is 3. The number of fused-ring (bicyclic) bond motifs is 2. The van der Waals surface area contributed by atoms with Gasteiger partial charge >= 0.3 is 0 Å². The summed E-state index contributed by atoms with van der Waals surface area (Å²) in [5, 5.41) is 1.03. The van der Waals surface area contributed by atoms with Gasteiger partial charge in [-0.15, -0.1) is 0 Å². The molecule has 21 heavy (non-hydrogen) atoms. The molecule has 3 heterocycles. The van der Waals surface area contributed by atoms with Crippen LogP contribution < -0.4 is 10.5 Å². The number of H-pyrrole nitrogens is 1. The van der Waals surface area contributed by atoms with Crippen LogP contribution in [0.2, 0.25) is 0 Å². The lowest BCUT2D eigenvalue weighted by atomic mass is 10.2. The molecule has 104 valence electrons. The quantitative estimate of drug-likeness (QED) is 0.597. The molecule has 0 aliphatic rings. The molecule has 4 aromatic rings. The van der Waals surface area contributed by atoms with Crippen LogP contribution in [0.3, 0.4) is 0 Å². The van der Waals surface area contributed by atoms with E-state index in [-0.39, 0.29) is 12.6 Å². The van der Waals surface area contributed by atoms with Gasteiger partial charge in [-0.05, 0) is 12.1 Å². The number of hydrogen-bond acceptors (Lipinski definition) is 6. The average molecular weight is 281 g/mol. The van der Waals surface area contributed by atoms with Crippen molar-refractivity contribution < 1.29 is 9.15 Å². The van der Waals surface area contributed by atoms with Gasteiger partial charge < -0.3 is 19.9 Å². The molecule has 0 atom stereocenters. The molecule has 0 radical (unpaired) electrons. The van der Waals surface area contributed by atoms with Crippen LogP contribution in [0.4, 0.5) is 5.95 Å². The lowest BCUT2D eigenvalue weighted by Crippen LogP contribution is -2.01. The highest BCUT2D eigenvalue weighted by Crippen LogP contribution is 2.23. The molecule has 0 spiro atoms. The van der Waals surface area contributed by atoms with Gasteiger partial charge in [-0.2, -0.15) is 9.97 Å². The van der Waals surface area contributed by atoms with Crippen molar-refractivity contribution in [2.24, 2.45) is 0 Å². The molecule has 0 aliphatic heterocycles. The predicted molar refractivity (Wildman–Crippen MR) is 76.6 cm³/mol. The van der Waals surface area contributed by atoms with Crippen molar-refractivity contribution in [2.75, 3.05) is 5.73 Å². The highest BCUT2D eigenvalue weighted by atomic mass is 16.5. The number of furan rings is 1. The zero-order chi connectivity index (χ0) is 14.2. The Hall–Kier alpha value is -3.09. The Bertz CT molecular complexity index is 894. The molecule has 0 saturated heterocycles. The van der Waals surface area contributed by atoms with Gasteiger partial charge in [-0.25, -0.2) is 4.98 Å². The fraction of sp³-hybridized carbons (Fsp3) is 0.0714. The maximum atomic E-state index is 5.69. The normalized spacial score (nSPS) is 11.2. The SMILES string of the molecule is Nc1nc(OCc2cc3ccccc3o2)c2[nH]cnc2n1. The van der Waals surface area contributed by atoms with Gasteiger partial charge in [0, 0.05) is 5.39 Å². The van der Waals surface area contributed by atoms with E-state index in [0.717, 1.165) is 11.0 Å². The van der Waals surface area contributed by atoms with Crippen LogP contribution >= 0.6 is 0 Å². The summed E-state index contributed by atoms with van der Waals surface area (Å²) in [5.74, 6) is 1.19. The largest absolute Gasteiger partial charge is 0.468 e. The van der Waals surface area contributed by atoms with Gasteiger partial charge in [0.05, 0.1) is 6.33 Å². The van der Waals surface area contributed by atoms with Crippen molar-refractivity contribution in [1.29, 1.82) is 0 Å². The Labute approximate surface area is 118 Å². The first-order valence-electron chi connectivity index (χ1n) is 6.36. The number of hydrogen-bond donors (Lipinski definition) is 2. The van der Waals surface area contributed by atoms with Gasteiger partial charge in [0.2, 0.25) is 11.8 Å². The molecule has 7 heteroatoms. The van der Waals surface area contributed by atoms with Gasteiger partial charge in [-0.3, -0.25) is 0 Å². The molecule has 0 bridgehead atoms. The number of nitrogens with two attached hydrogens (primary N) is 1. The number of benzene rings is 1.